The number of ether oxygens (including phenoxy) is 2. The van der Waals surface area contributed by atoms with E-state index in [2.05, 4.69) is 6.92 Å². The average molecular weight is 407 g/mol. The molecule has 0 saturated carbocycles. The smallest absolute Gasteiger partial charge is 0.195 e. The zero-order valence-electron chi connectivity index (χ0n) is 17.1. The van der Waals surface area contributed by atoms with Gasteiger partial charge < -0.3 is 9.47 Å². The molecule has 0 saturated heterocycles. The van der Waals surface area contributed by atoms with Crippen LogP contribution in [0.1, 0.15) is 44.6 Å². The van der Waals surface area contributed by atoms with Gasteiger partial charge in [0.1, 0.15) is 18.1 Å². The lowest BCUT2D eigenvalue weighted by molar-refractivity contribution is 0.105. The van der Waals surface area contributed by atoms with Crippen molar-refractivity contribution in [1.29, 1.82) is 0 Å². The number of thiophene rings is 1. The number of allylic oxidation sites excluding steroid dienone is 1. The maximum absolute atomic E-state index is 12.5. The highest BCUT2D eigenvalue weighted by atomic mass is 32.1. The lowest BCUT2D eigenvalue weighted by Gasteiger charge is -2.11. The molecule has 3 nitrogen and oxygen atoms in total. The lowest BCUT2D eigenvalue weighted by atomic mass is 10.1. The average Bonchev–Trinajstić information content (AvgIpc) is 3.20. The minimum absolute atomic E-state index is 0.0330. The first-order valence-electron chi connectivity index (χ1n) is 9.76. The highest BCUT2D eigenvalue weighted by molar-refractivity contribution is 7.14. The minimum atomic E-state index is 0.0330. The molecule has 0 aliphatic rings. The van der Waals surface area contributed by atoms with Crippen molar-refractivity contribution >= 4 is 23.2 Å². The molecule has 0 N–H and O–H groups in total. The molecule has 0 spiro atoms. The Kier molecular flexibility index (Phi) is 7.25. The van der Waals surface area contributed by atoms with E-state index in [1.165, 1.54) is 10.4 Å². The molecule has 150 valence electrons. The topological polar surface area (TPSA) is 35.5 Å². The fourth-order valence-electron chi connectivity index (χ4n) is 2.96. The highest BCUT2D eigenvalue weighted by Crippen LogP contribution is 2.24. The molecule has 29 heavy (non-hydrogen) atoms. The second-order valence-corrected chi connectivity index (χ2v) is 8.05. The van der Waals surface area contributed by atoms with E-state index in [4.69, 9.17) is 9.47 Å². The number of carbonyl (C=O) groups is 1. The van der Waals surface area contributed by atoms with Gasteiger partial charge in [-0.25, -0.2) is 0 Å². The predicted octanol–water partition coefficient (Wildman–Crippen LogP) is 6.49. The summed E-state index contributed by atoms with van der Waals surface area (Å²) < 4.78 is 11.4. The Morgan fingerprint density at radius 2 is 1.86 bits per heavy atom. The summed E-state index contributed by atoms with van der Waals surface area (Å²) in [6.07, 6.45) is 5.58. The first-order valence-corrected chi connectivity index (χ1v) is 10.6. The van der Waals surface area contributed by atoms with Crippen molar-refractivity contribution in [3.63, 3.8) is 0 Å². The molecule has 3 rings (SSSR count). The molecule has 4 heteroatoms. The molecule has 3 aromatic rings. The van der Waals surface area contributed by atoms with Gasteiger partial charge in [-0.05, 0) is 61.4 Å². The van der Waals surface area contributed by atoms with Crippen molar-refractivity contribution < 1.29 is 14.3 Å². The Bertz CT molecular complexity index is 984. The quantitative estimate of drug-likeness (QED) is 0.301. The van der Waals surface area contributed by atoms with Crippen LogP contribution in [0.5, 0.6) is 11.5 Å². The van der Waals surface area contributed by atoms with Crippen LogP contribution in [-0.2, 0) is 13.0 Å². The molecule has 0 aliphatic heterocycles. The summed E-state index contributed by atoms with van der Waals surface area (Å²) in [6.45, 7) is 4.59. The van der Waals surface area contributed by atoms with Crippen molar-refractivity contribution in [2.24, 2.45) is 0 Å². The van der Waals surface area contributed by atoms with Gasteiger partial charge in [-0.2, -0.15) is 0 Å². The number of aryl methyl sites for hydroxylation is 2. The Labute approximate surface area is 176 Å². The maximum atomic E-state index is 12.5. The highest BCUT2D eigenvalue weighted by Gasteiger charge is 2.08. The summed E-state index contributed by atoms with van der Waals surface area (Å²) in [5.41, 5.74) is 3.07. The fourth-order valence-corrected chi connectivity index (χ4v) is 3.99. The van der Waals surface area contributed by atoms with Gasteiger partial charge in [0.25, 0.3) is 0 Å². The Morgan fingerprint density at radius 1 is 1.07 bits per heavy atom. The SMILES string of the molecule is CCCc1ccc(C(=O)/C=C/c2ccc(OC)c(COc3ccc(C)cc3)c2)s1. The van der Waals surface area contributed by atoms with Gasteiger partial charge in [0.2, 0.25) is 0 Å². The van der Waals surface area contributed by atoms with Crippen molar-refractivity contribution in [2.75, 3.05) is 7.11 Å². The van der Waals surface area contributed by atoms with Crippen LogP contribution in [0.15, 0.2) is 60.7 Å². The van der Waals surface area contributed by atoms with E-state index in [0.717, 1.165) is 40.3 Å². The summed E-state index contributed by atoms with van der Waals surface area (Å²) in [5, 5.41) is 0. The van der Waals surface area contributed by atoms with Crippen LogP contribution in [-0.4, -0.2) is 12.9 Å². The third kappa shape index (κ3) is 5.81. The molecule has 2 aromatic carbocycles. The van der Waals surface area contributed by atoms with Gasteiger partial charge in [0.05, 0.1) is 12.0 Å². The zero-order valence-corrected chi connectivity index (χ0v) is 17.9. The second kappa shape index (κ2) is 10.1. The lowest BCUT2D eigenvalue weighted by Crippen LogP contribution is -1.99. The summed E-state index contributed by atoms with van der Waals surface area (Å²) in [4.78, 5) is 14.5. The molecule has 0 fully saturated rings. The van der Waals surface area contributed by atoms with Crippen molar-refractivity contribution in [2.45, 2.75) is 33.3 Å². The first-order chi connectivity index (χ1) is 14.1. The summed E-state index contributed by atoms with van der Waals surface area (Å²) >= 11 is 1.58. The molecule has 0 radical (unpaired) electrons. The number of hydrogen-bond acceptors (Lipinski definition) is 4. The normalized spacial score (nSPS) is 11.0. The molecule has 0 atom stereocenters. The van der Waals surface area contributed by atoms with Crippen LogP contribution in [0.25, 0.3) is 6.08 Å². The molecular formula is C25H26O3S. The van der Waals surface area contributed by atoms with Crippen LogP contribution in [0, 0.1) is 6.92 Å². The molecule has 0 bridgehead atoms. The third-order valence-corrected chi connectivity index (χ3v) is 5.71. The summed E-state index contributed by atoms with van der Waals surface area (Å²) in [7, 11) is 1.65. The standard InChI is InChI=1S/C25H26O3S/c1-4-5-22-12-15-25(29-22)23(26)13-8-19-9-14-24(27-3)20(16-19)17-28-21-10-6-18(2)7-11-21/h6-16H,4-5,17H2,1-3H3/b13-8+. The van der Waals surface area contributed by atoms with Crippen LogP contribution in [0.2, 0.25) is 0 Å². The Balaban J connectivity index is 1.70. The largest absolute Gasteiger partial charge is 0.496 e. The van der Waals surface area contributed by atoms with Crippen LogP contribution < -0.4 is 9.47 Å². The van der Waals surface area contributed by atoms with Gasteiger partial charge in [-0.1, -0.05) is 43.2 Å². The zero-order chi connectivity index (χ0) is 20.6. The van der Waals surface area contributed by atoms with E-state index in [-0.39, 0.29) is 5.78 Å². The number of hydrogen-bond donors (Lipinski definition) is 0. The van der Waals surface area contributed by atoms with E-state index < -0.39 is 0 Å². The van der Waals surface area contributed by atoms with E-state index >= 15 is 0 Å². The van der Waals surface area contributed by atoms with Crippen molar-refractivity contribution in [1.82, 2.24) is 0 Å². The predicted molar refractivity (Wildman–Crippen MR) is 120 cm³/mol. The van der Waals surface area contributed by atoms with E-state index in [1.807, 2.05) is 67.6 Å². The monoisotopic (exact) mass is 406 g/mol. The first kappa shape index (κ1) is 20.9. The van der Waals surface area contributed by atoms with Gasteiger partial charge >= 0.3 is 0 Å². The summed E-state index contributed by atoms with van der Waals surface area (Å²) in [6, 6.07) is 17.8. The molecule has 0 unspecified atom stereocenters. The van der Waals surface area contributed by atoms with Crippen molar-refractivity contribution in [3.05, 3.63) is 87.1 Å². The summed E-state index contributed by atoms with van der Waals surface area (Å²) in [5.74, 6) is 1.61. The molecule has 1 heterocycles. The molecule has 1 aromatic heterocycles. The Hall–Kier alpha value is -2.85. The fraction of sp³-hybridized carbons (Fsp3) is 0.240. The maximum Gasteiger partial charge on any atom is 0.195 e. The molecular weight excluding hydrogens is 380 g/mol. The Morgan fingerprint density at radius 3 is 2.59 bits per heavy atom. The van der Waals surface area contributed by atoms with Gasteiger partial charge in [-0.3, -0.25) is 4.79 Å². The number of benzene rings is 2. The number of rotatable bonds is 9. The van der Waals surface area contributed by atoms with Gasteiger partial charge in [-0.15, -0.1) is 11.3 Å². The van der Waals surface area contributed by atoms with E-state index in [9.17, 15) is 4.79 Å². The van der Waals surface area contributed by atoms with Gasteiger partial charge in [0, 0.05) is 10.4 Å². The van der Waals surface area contributed by atoms with Crippen molar-refractivity contribution in [3.8, 4) is 11.5 Å². The van der Waals surface area contributed by atoms with Crippen LogP contribution >= 0.6 is 11.3 Å². The molecule has 0 amide bonds. The minimum Gasteiger partial charge on any atom is -0.496 e. The van der Waals surface area contributed by atoms with E-state index in [1.54, 1.807) is 24.5 Å². The van der Waals surface area contributed by atoms with E-state index in [0.29, 0.717) is 6.61 Å². The molecule has 0 aliphatic carbocycles. The number of methoxy groups -OCH3 is 1. The third-order valence-electron chi connectivity index (χ3n) is 4.55. The van der Waals surface area contributed by atoms with Crippen LogP contribution in [0.3, 0.4) is 0 Å². The van der Waals surface area contributed by atoms with Gasteiger partial charge in [0.15, 0.2) is 5.78 Å². The number of carbonyl (C=O) groups excluding carboxylic acids is 1. The van der Waals surface area contributed by atoms with Crippen LogP contribution in [0.4, 0.5) is 0 Å². The second-order valence-electron chi connectivity index (χ2n) is 6.89. The number of ketones is 1.